The van der Waals surface area contributed by atoms with Crippen LogP contribution >= 0.6 is 0 Å². The molecule has 6 heteroatoms. The predicted molar refractivity (Wildman–Crippen MR) is 83.5 cm³/mol. The third-order valence-electron chi connectivity index (χ3n) is 4.11. The van der Waals surface area contributed by atoms with E-state index in [4.69, 9.17) is 5.73 Å². The molecule has 1 aromatic rings. The molecule has 3 N–H and O–H groups in total. The van der Waals surface area contributed by atoms with Crippen molar-refractivity contribution >= 4 is 15.7 Å². The van der Waals surface area contributed by atoms with Crippen LogP contribution in [0.25, 0.3) is 0 Å². The van der Waals surface area contributed by atoms with Gasteiger partial charge in [0.25, 0.3) is 0 Å². The predicted octanol–water partition coefficient (Wildman–Crippen LogP) is 1.76. The first kappa shape index (κ1) is 16.3. The number of aliphatic hydroxyl groups is 1. The third-order valence-corrected chi connectivity index (χ3v) is 6.15. The molecule has 1 aliphatic carbocycles. The van der Waals surface area contributed by atoms with Crippen molar-refractivity contribution in [1.29, 1.82) is 0 Å². The van der Waals surface area contributed by atoms with Crippen LogP contribution in [0.3, 0.4) is 0 Å². The van der Waals surface area contributed by atoms with E-state index >= 15 is 0 Å². The van der Waals surface area contributed by atoms with Gasteiger partial charge in [-0.05, 0) is 37.0 Å². The minimum Gasteiger partial charge on any atom is -0.399 e. The van der Waals surface area contributed by atoms with Crippen molar-refractivity contribution in [3.63, 3.8) is 0 Å². The lowest BCUT2D eigenvalue weighted by Gasteiger charge is -2.28. The highest BCUT2D eigenvalue weighted by molar-refractivity contribution is 7.89. The molecule has 2 rings (SSSR count). The maximum absolute atomic E-state index is 13.0. The molecule has 0 aliphatic heterocycles. The minimum atomic E-state index is -3.62. The van der Waals surface area contributed by atoms with Gasteiger partial charge in [0.1, 0.15) is 0 Å². The van der Waals surface area contributed by atoms with Crippen molar-refractivity contribution in [3.8, 4) is 0 Å². The first-order chi connectivity index (χ1) is 10.0. The van der Waals surface area contributed by atoms with Gasteiger partial charge in [0.15, 0.2) is 0 Å². The molecule has 118 valence electrons. The van der Waals surface area contributed by atoms with Gasteiger partial charge in [-0.2, -0.15) is 4.31 Å². The topological polar surface area (TPSA) is 83.6 Å². The minimum absolute atomic E-state index is 0.00622. The summed E-state index contributed by atoms with van der Waals surface area (Å²) in [6.07, 6.45) is 4.44. The molecule has 1 fully saturated rings. The molecule has 1 aromatic carbocycles. The molecule has 0 bridgehead atoms. The van der Waals surface area contributed by atoms with E-state index in [9.17, 15) is 13.5 Å². The molecule has 0 unspecified atom stereocenters. The second-order valence-electron chi connectivity index (χ2n) is 5.50. The molecule has 0 spiro atoms. The Morgan fingerprint density at radius 1 is 1.33 bits per heavy atom. The van der Waals surface area contributed by atoms with E-state index in [1.165, 1.54) is 10.4 Å². The number of hydrogen-bond acceptors (Lipinski definition) is 4. The Hall–Kier alpha value is -1.11. The lowest BCUT2D eigenvalue weighted by molar-refractivity contribution is 0.226. The van der Waals surface area contributed by atoms with Crippen LogP contribution in [-0.2, 0) is 16.4 Å². The molecule has 0 heterocycles. The van der Waals surface area contributed by atoms with Gasteiger partial charge >= 0.3 is 0 Å². The van der Waals surface area contributed by atoms with E-state index in [-0.39, 0.29) is 24.1 Å². The van der Waals surface area contributed by atoms with Gasteiger partial charge in [-0.15, -0.1) is 0 Å². The van der Waals surface area contributed by atoms with Gasteiger partial charge < -0.3 is 10.8 Å². The second kappa shape index (κ2) is 6.77. The van der Waals surface area contributed by atoms with E-state index in [0.717, 1.165) is 31.2 Å². The smallest absolute Gasteiger partial charge is 0.243 e. The molecular weight excluding hydrogens is 288 g/mol. The van der Waals surface area contributed by atoms with E-state index in [1.807, 2.05) is 6.92 Å². The van der Waals surface area contributed by atoms with Gasteiger partial charge in [0.05, 0.1) is 11.5 Å². The molecule has 21 heavy (non-hydrogen) atoms. The monoisotopic (exact) mass is 312 g/mol. The third kappa shape index (κ3) is 3.39. The Kier molecular flexibility index (Phi) is 5.24. The summed E-state index contributed by atoms with van der Waals surface area (Å²) < 4.78 is 27.5. The second-order valence-corrected chi connectivity index (χ2v) is 7.36. The Balaban J connectivity index is 2.44. The Labute approximate surface area is 126 Å². The number of rotatable bonds is 6. The standard InChI is InChI=1S/C15H24N2O3S/c1-2-12-7-8-13(16)11-15(12)21(19,20)17(9-10-18)14-5-3-4-6-14/h7-8,11,14,18H,2-6,9-10,16H2,1H3. The summed E-state index contributed by atoms with van der Waals surface area (Å²) in [5.74, 6) is 0. The number of nitrogen functional groups attached to an aromatic ring is 1. The highest BCUT2D eigenvalue weighted by Crippen LogP contribution is 2.30. The summed E-state index contributed by atoms with van der Waals surface area (Å²) in [6, 6.07) is 5.03. The molecule has 0 amide bonds. The zero-order chi connectivity index (χ0) is 15.5. The number of nitrogens with two attached hydrogens (primary N) is 1. The number of nitrogens with zero attached hydrogens (tertiary/aromatic N) is 1. The molecule has 0 aromatic heterocycles. The Morgan fingerprint density at radius 2 is 2.00 bits per heavy atom. The number of sulfonamides is 1. The van der Waals surface area contributed by atoms with Crippen LogP contribution in [0.2, 0.25) is 0 Å². The zero-order valence-electron chi connectivity index (χ0n) is 12.5. The van der Waals surface area contributed by atoms with Crippen LogP contribution < -0.4 is 5.73 Å². The number of benzene rings is 1. The van der Waals surface area contributed by atoms with Crippen LogP contribution in [0, 0.1) is 0 Å². The van der Waals surface area contributed by atoms with E-state index in [0.29, 0.717) is 12.1 Å². The van der Waals surface area contributed by atoms with Crippen molar-refractivity contribution in [2.24, 2.45) is 0 Å². The van der Waals surface area contributed by atoms with Crippen molar-refractivity contribution < 1.29 is 13.5 Å². The molecule has 0 atom stereocenters. The summed E-state index contributed by atoms with van der Waals surface area (Å²) >= 11 is 0. The van der Waals surface area contributed by atoms with Gasteiger partial charge in [-0.1, -0.05) is 25.8 Å². The summed E-state index contributed by atoms with van der Waals surface area (Å²) in [4.78, 5) is 0.283. The summed E-state index contributed by atoms with van der Waals surface area (Å²) in [6.45, 7) is 1.90. The fourth-order valence-corrected chi connectivity index (χ4v) is 5.03. The number of anilines is 1. The van der Waals surface area contributed by atoms with Gasteiger partial charge in [0, 0.05) is 18.3 Å². The summed E-state index contributed by atoms with van der Waals surface area (Å²) in [5.41, 5.74) is 6.99. The number of aryl methyl sites for hydroxylation is 1. The normalized spacial score (nSPS) is 16.7. The molecular formula is C15H24N2O3S. The SMILES string of the molecule is CCc1ccc(N)cc1S(=O)(=O)N(CCO)C1CCCC1. The van der Waals surface area contributed by atoms with Gasteiger partial charge in [-0.3, -0.25) is 0 Å². The molecule has 5 nitrogen and oxygen atoms in total. The van der Waals surface area contributed by atoms with Crippen molar-refractivity contribution in [2.75, 3.05) is 18.9 Å². The van der Waals surface area contributed by atoms with E-state index in [1.54, 1.807) is 12.1 Å². The fraction of sp³-hybridized carbons (Fsp3) is 0.600. The molecule has 1 aliphatic rings. The average Bonchev–Trinajstić information content (AvgIpc) is 2.98. The van der Waals surface area contributed by atoms with E-state index < -0.39 is 10.0 Å². The lowest BCUT2D eigenvalue weighted by Crippen LogP contribution is -2.41. The van der Waals surface area contributed by atoms with Crippen LogP contribution in [0.15, 0.2) is 23.1 Å². The fourth-order valence-electron chi connectivity index (χ4n) is 3.02. The van der Waals surface area contributed by atoms with Crippen LogP contribution in [0.1, 0.15) is 38.2 Å². The van der Waals surface area contributed by atoms with Gasteiger partial charge in [-0.25, -0.2) is 8.42 Å². The average molecular weight is 312 g/mol. The Morgan fingerprint density at radius 3 is 2.57 bits per heavy atom. The highest BCUT2D eigenvalue weighted by atomic mass is 32.2. The van der Waals surface area contributed by atoms with Crippen molar-refractivity contribution in [2.45, 2.75) is 50.0 Å². The van der Waals surface area contributed by atoms with E-state index in [2.05, 4.69) is 0 Å². The number of aliphatic hydroxyl groups excluding tert-OH is 1. The van der Waals surface area contributed by atoms with Crippen molar-refractivity contribution in [1.82, 2.24) is 4.31 Å². The highest BCUT2D eigenvalue weighted by Gasteiger charge is 2.33. The molecule has 1 saturated carbocycles. The molecule has 0 radical (unpaired) electrons. The van der Waals surface area contributed by atoms with Gasteiger partial charge in [0.2, 0.25) is 10.0 Å². The zero-order valence-corrected chi connectivity index (χ0v) is 13.3. The maximum Gasteiger partial charge on any atom is 0.243 e. The Bertz CT molecular complexity index is 581. The largest absolute Gasteiger partial charge is 0.399 e. The summed E-state index contributed by atoms with van der Waals surface area (Å²) in [5, 5.41) is 9.26. The number of hydrogen-bond donors (Lipinski definition) is 2. The molecule has 0 saturated heterocycles. The van der Waals surface area contributed by atoms with Crippen LogP contribution in [0.5, 0.6) is 0 Å². The van der Waals surface area contributed by atoms with Crippen molar-refractivity contribution in [3.05, 3.63) is 23.8 Å². The summed E-state index contributed by atoms with van der Waals surface area (Å²) in [7, 11) is -3.62. The quantitative estimate of drug-likeness (QED) is 0.784. The lowest BCUT2D eigenvalue weighted by atomic mass is 10.1. The first-order valence-corrected chi connectivity index (χ1v) is 8.95. The van der Waals surface area contributed by atoms with Crippen LogP contribution in [-0.4, -0.2) is 37.0 Å². The maximum atomic E-state index is 13.0. The first-order valence-electron chi connectivity index (χ1n) is 7.51. The van der Waals surface area contributed by atoms with Crippen LogP contribution in [0.4, 0.5) is 5.69 Å².